The van der Waals surface area contributed by atoms with E-state index in [2.05, 4.69) is 38.2 Å². The summed E-state index contributed by atoms with van der Waals surface area (Å²) in [5.41, 5.74) is 0. The molecule has 0 aromatic heterocycles. The summed E-state index contributed by atoms with van der Waals surface area (Å²) in [6.07, 6.45) is 45.6. The summed E-state index contributed by atoms with van der Waals surface area (Å²) in [5.74, 6) is 0. The molecule has 0 aliphatic rings. The molecular formula is C36H72FeO4P2. The van der Waals surface area contributed by atoms with E-state index in [0.29, 0.717) is 12.3 Å². The SMILES string of the molecule is CCCCCCCC/C=C\CCCCCCCC[PH](=O)[O-].CCCCCCCC/C=C\CCCCCCCC[PH](=O)[O-].[Fe+2]. The molecule has 258 valence electrons. The van der Waals surface area contributed by atoms with Gasteiger partial charge in [-0.05, 0) is 76.5 Å². The molecule has 0 saturated carbocycles. The van der Waals surface area contributed by atoms with Gasteiger partial charge in [0, 0.05) is 16.1 Å². The molecule has 0 bridgehead atoms. The van der Waals surface area contributed by atoms with E-state index in [4.69, 9.17) is 0 Å². The van der Waals surface area contributed by atoms with Crippen molar-refractivity contribution in [3.63, 3.8) is 0 Å². The number of unbranched alkanes of at least 4 members (excludes halogenated alkanes) is 24. The van der Waals surface area contributed by atoms with Crippen molar-refractivity contribution in [1.82, 2.24) is 0 Å². The van der Waals surface area contributed by atoms with E-state index in [9.17, 15) is 18.9 Å². The van der Waals surface area contributed by atoms with Crippen LogP contribution < -0.4 is 9.79 Å². The van der Waals surface area contributed by atoms with E-state index in [1.807, 2.05) is 0 Å². The third kappa shape index (κ3) is 52.2. The zero-order chi connectivity index (χ0) is 31.2. The molecule has 2 atom stereocenters. The fraction of sp³-hybridized carbons (Fsp3) is 0.889. The van der Waals surface area contributed by atoms with Crippen LogP contribution in [0.15, 0.2) is 24.3 Å². The second kappa shape index (κ2) is 44.5. The minimum Gasteiger partial charge on any atom is -0.802 e. The van der Waals surface area contributed by atoms with Gasteiger partial charge in [0.25, 0.3) is 0 Å². The predicted octanol–water partition coefficient (Wildman–Crippen LogP) is 11.7. The van der Waals surface area contributed by atoms with Crippen LogP contribution in [0.4, 0.5) is 0 Å². The number of allylic oxidation sites excluding steroid dienone is 4. The van der Waals surface area contributed by atoms with Crippen LogP contribution in [0.1, 0.15) is 194 Å². The fourth-order valence-electron chi connectivity index (χ4n) is 5.03. The van der Waals surface area contributed by atoms with Gasteiger partial charge in [-0.15, -0.1) is 0 Å². The zero-order valence-electron chi connectivity index (χ0n) is 28.5. The average Bonchev–Trinajstić information content (AvgIpc) is 2.97. The molecular weight excluding hydrogens is 614 g/mol. The molecule has 0 aliphatic carbocycles. The molecule has 43 heavy (non-hydrogen) atoms. The van der Waals surface area contributed by atoms with E-state index in [0.717, 1.165) is 25.7 Å². The quantitative estimate of drug-likeness (QED) is 0.0305. The Hall–Kier alpha value is 0.379. The largest absolute Gasteiger partial charge is 2.00 e. The van der Waals surface area contributed by atoms with E-state index < -0.39 is 16.1 Å². The summed E-state index contributed by atoms with van der Waals surface area (Å²) in [7, 11) is -4.92. The fourth-order valence-corrected chi connectivity index (χ4v) is 6.11. The van der Waals surface area contributed by atoms with Gasteiger partial charge in [0.1, 0.15) is 0 Å². The molecule has 4 nitrogen and oxygen atoms in total. The van der Waals surface area contributed by atoms with Gasteiger partial charge in [0.15, 0.2) is 0 Å². The number of hydrogen-bond donors (Lipinski definition) is 0. The van der Waals surface area contributed by atoms with Gasteiger partial charge >= 0.3 is 17.1 Å². The Labute approximate surface area is 281 Å². The van der Waals surface area contributed by atoms with Crippen molar-refractivity contribution in [1.29, 1.82) is 0 Å². The second-order valence-corrected chi connectivity index (χ2v) is 14.6. The van der Waals surface area contributed by atoms with Crippen LogP contribution >= 0.6 is 16.1 Å². The van der Waals surface area contributed by atoms with Gasteiger partial charge in [-0.25, -0.2) is 0 Å². The van der Waals surface area contributed by atoms with Crippen molar-refractivity contribution in [2.75, 3.05) is 12.3 Å². The van der Waals surface area contributed by atoms with E-state index in [1.165, 1.54) is 154 Å². The zero-order valence-corrected chi connectivity index (χ0v) is 31.6. The van der Waals surface area contributed by atoms with Crippen molar-refractivity contribution >= 4 is 16.1 Å². The van der Waals surface area contributed by atoms with Crippen molar-refractivity contribution in [3.8, 4) is 0 Å². The third-order valence-electron chi connectivity index (χ3n) is 7.79. The van der Waals surface area contributed by atoms with Gasteiger partial charge in [-0.2, -0.15) is 0 Å². The van der Waals surface area contributed by atoms with Crippen LogP contribution in [0.5, 0.6) is 0 Å². The van der Waals surface area contributed by atoms with Crippen molar-refractivity contribution in [2.45, 2.75) is 194 Å². The van der Waals surface area contributed by atoms with Crippen LogP contribution in [-0.4, -0.2) is 12.3 Å². The third-order valence-corrected chi connectivity index (χ3v) is 9.31. The van der Waals surface area contributed by atoms with Crippen molar-refractivity contribution in [3.05, 3.63) is 24.3 Å². The normalized spacial score (nSPS) is 12.7. The number of rotatable bonds is 32. The minimum atomic E-state index is -2.46. The Morgan fingerprint density at radius 2 is 0.581 bits per heavy atom. The molecule has 0 amide bonds. The second-order valence-electron chi connectivity index (χ2n) is 12.1. The van der Waals surface area contributed by atoms with Crippen LogP contribution in [0.2, 0.25) is 0 Å². The van der Waals surface area contributed by atoms with Gasteiger partial charge in [-0.3, -0.25) is 0 Å². The molecule has 0 aliphatic heterocycles. The van der Waals surface area contributed by atoms with Gasteiger partial charge < -0.3 is 18.9 Å². The van der Waals surface area contributed by atoms with E-state index >= 15 is 0 Å². The summed E-state index contributed by atoms with van der Waals surface area (Å²) < 4.78 is 20.8. The Morgan fingerprint density at radius 1 is 0.372 bits per heavy atom. The topological polar surface area (TPSA) is 80.3 Å². The summed E-state index contributed by atoms with van der Waals surface area (Å²) >= 11 is 0. The minimum absolute atomic E-state index is 0. The average molecular weight is 687 g/mol. The molecule has 0 spiro atoms. The smallest absolute Gasteiger partial charge is 0.802 e. The Morgan fingerprint density at radius 3 is 0.814 bits per heavy atom. The van der Waals surface area contributed by atoms with Crippen LogP contribution in [0, 0.1) is 0 Å². The van der Waals surface area contributed by atoms with Gasteiger partial charge in [-0.1, -0.05) is 154 Å². The molecule has 7 heteroatoms. The van der Waals surface area contributed by atoms with Crippen LogP contribution in [0.25, 0.3) is 0 Å². The maximum Gasteiger partial charge on any atom is 2.00 e. The first-order valence-electron chi connectivity index (χ1n) is 18.2. The van der Waals surface area contributed by atoms with E-state index in [-0.39, 0.29) is 17.1 Å². The first-order valence-corrected chi connectivity index (χ1v) is 21.3. The Bertz CT molecular complexity index is 562. The van der Waals surface area contributed by atoms with Crippen LogP contribution in [-0.2, 0) is 26.2 Å². The first-order chi connectivity index (χ1) is 20.5. The van der Waals surface area contributed by atoms with Gasteiger partial charge in [0.05, 0.1) is 0 Å². The standard InChI is InChI=1S/2C18H37O2P.Fe/c2*1-2-3-4-5-6-7-8-9-10-11-12-13-14-15-16-17-18-21(19)20;/h2*9-10,21H,2-8,11-18H2,1H3,(H,19,20);/q;;+2/p-2/b2*10-9-;. The monoisotopic (exact) mass is 686 g/mol. The molecule has 0 aromatic rings. The maximum absolute atomic E-state index is 10.4. The number of hydrogen-bond acceptors (Lipinski definition) is 4. The summed E-state index contributed by atoms with van der Waals surface area (Å²) in [6.45, 7) is 4.52. The maximum atomic E-state index is 10.4. The molecule has 0 aromatic carbocycles. The predicted molar refractivity (Wildman–Crippen MR) is 187 cm³/mol. The molecule has 2 unspecified atom stereocenters. The molecule has 0 N–H and O–H groups in total. The molecule has 0 radical (unpaired) electrons. The molecule has 0 fully saturated rings. The van der Waals surface area contributed by atoms with Crippen molar-refractivity contribution < 1.29 is 36.0 Å². The first kappa shape index (κ1) is 47.8. The molecule has 0 saturated heterocycles. The summed E-state index contributed by atoms with van der Waals surface area (Å²) in [5, 5.41) is 0. The Balaban J connectivity index is -0.000000727. The Kier molecular flexibility index (Phi) is 49.5. The van der Waals surface area contributed by atoms with Crippen LogP contribution in [0.3, 0.4) is 0 Å². The van der Waals surface area contributed by atoms with E-state index in [1.54, 1.807) is 0 Å². The molecule has 0 heterocycles. The molecule has 0 rings (SSSR count). The summed E-state index contributed by atoms with van der Waals surface area (Å²) in [4.78, 5) is 20.8. The van der Waals surface area contributed by atoms with Crippen molar-refractivity contribution in [2.24, 2.45) is 0 Å². The van der Waals surface area contributed by atoms with Gasteiger partial charge in [0.2, 0.25) is 0 Å². The summed E-state index contributed by atoms with van der Waals surface area (Å²) in [6, 6.07) is 0.